The molecule has 4 rings (SSSR count). The summed E-state index contributed by atoms with van der Waals surface area (Å²) in [6.45, 7) is 0.597. The largest absolute Gasteiger partial charge is 0.489 e. The van der Waals surface area contributed by atoms with Crippen molar-refractivity contribution < 1.29 is 18.5 Å². The van der Waals surface area contributed by atoms with Crippen LogP contribution in [0.25, 0.3) is 0 Å². The molecule has 6 heteroatoms. The quantitative estimate of drug-likeness (QED) is 0.733. The number of para-hydroxylation sites is 1. The maximum Gasteiger partial charge on any atom is 0.287 e. The first kappa shape index (κ1) is 16.4. The smallest absolute Gasteiger partial charge is 0.287 e. The maximum atomic E-state index is 12.5. The predicted molar refractivity (Wildman–Crippen MR) is 93.8 cm³/mol. The van der Waals surface area contributed by atoms with Gasteiger partial charge in [0.1, 0.15) is 23.8 Å². The Labute approximate surface area is 151 Å². The van der Waals surface area contributed by atoms with E-state index in [1.807, 2.05) is 30.3 Å². The molecule has 134 valence electrons. The Morgan fingerprint density at radius 1 is 1.15 bits per heavy atom. The number of carbonyl (C=O) groups is 1. The number of benzene rings is 1. The fourth-order valence-electron chi connectivity index (χ4n) is 3.16. The molecule has 0 unspecified atom stereocenters. The Bertz CT molecular complexity index is 882. The molecule has 1 N–H and O–H groups in total. The predicted octanol–water partition coefficient (Wildman–Crippen LogP) is 3.66. The molecular formula is C20H20N2O4. The number of hydrogen-bond acceptors (Lipinski definition) is 5. The number of amides is 1. The van der Waals surface area contributed by atoms with Gasteiger partial charge in [-0.05, 0) is 37.5 Å². The molecule has 26 heavy (non-hydrogen) atoms. The summed E-state index contributed by atoms with van der Waals surface area (Å²) in [5.74, 6) is 1.68. The molecule has 2 aromatic heterocycles. The second-order valence-electron chi connectivity index (χ2n) is 6.30. The van der Waals surface area contributed by atoms with Crippen LogP contribution in [0, 0.1) is 0 Å². The first-order valence-electron chi connectivity index (χ1n) is 8.80. The molecule has 0 bridgehead atoms. The number of carbonyl (C=O) groups excluding carboxylic acids is 1. The molecule has 0 spiro atoms. The van der Waals surface area contributed by atoms with Crippen molar-refractivity contribution in [2.24, 2.45) is 0 Å². The van der Waals surface area contributed by atoms with Crippen LogP contribution < -0.4 is 10.1 Å². The molecule has 1 aliphatic rings. The van der Waals surface area contributed by atoms with Crippen molar-refractivity contribution in [1.82, 2.24) is 10.5 Å². The van der Waals surface area contributed by atoms with E-state index in [1.165, 1.54) is 6.26 Å². The van der Waals surface area contributed by atoms with Gasteiger partial charge in [-0.1, -0.05) is 23.4 Å². The van der Waals surface area contributed by atoms with Gasteiger partial charge >= 0.3 is 0 Å². The number of nitrogens with one attached hydrogen (secondary N) is 1. The van der Waals surface area contributed by atoms with Crippen molar-refractivity contribution in [2.45, 2.75) is 38.8 Å². The molecule has 0 aliphatic heterocycles. The standard InChI is InChI=1S/C20H20N2O4/c23-20(21-12-17-16-8-4-5-9-18(16)26-22-17)19-14(10-11-24-19)13-25-15-6-2-1-3-7-15/h1-3,6-7,10-11H,4-5,8-9,12-13H2,(H,21,23). The molecule has 3 aromatic rings. The van der Waals surface area contributed by atoms with Gasteiger partial charge in [-0.25, -0.2) is 0 Å². The Morgan fingerprint density at radius 3 is 2.88 bits per heavy atom. The summed E-state index contributed by atoms with van der Waals surface area (Å²) in [5.41, 5.74) is 2.65. The van der Waals surface area contributed by atoms with E-state index in [-0.39, 0.29) is 18.3 Å². The van der Waals surface area contributed by atoms with Crippen LogP contribution >= 0.6 is 0 Å². The maximum absolute atomic E-state index is 12.5. The molecule has 0 radical (unpaired) electrons. The monoisotopic (exact) mass is 352 g/mol. The van der Waals surface area contributed by atoms with E-state index in [0.717, 1.165) is 48.5 Å². The zero-order chi connectivity index (χ0) is 17.8. The first-order valence-corrected chi connectivity index (χ1v) is 8.80. The summed E-state index contributed by atoms with van der Waals surface area (Å²) in [4.78, 5) is 12.5. The van der Waals surface area contributed by atoms with Crippen LogP contribution in [0.3, 0.4) is 0 Å². The molecule has 0 saturated heterocycles. The fourth-order valence-corrected chi connectivity index (χ4v) is 3.16. The SMILES string of the molecule is O=C(NCc1noc2c1CCCC2)c1occc1COc1ccccc1. The molecule has 2 heterocycles. The number of rotatable bonds is 6. The minimum atomic E-state index is -0.283. The highest BCUT2D eigenvalue weighted by molar-refractivity contribution is 5.92. The van der Waals surface area contributed by atoms with Crippen LogP contribution in [-0.4, -0.2) is 11.1 Å². The molecule has 6 nitrogen and oxygen atoms in total. The zero-order valence-electron chi connectivity index (χ0n) is 14.4. The van der Waals surface area contributed by atoms with Gasteiger partial charge in [0.25, 0.3) is 5.91 Å². The third-order valence-corrected chi connectivity index (χ3v) is 4.54. The van der Waals surface area contributed by atoms with E-state index < -0.39 is 0 Å². The van der Waals surface area contributed by atoms with Crippen LogP contribution in [0.15, 0.2) is 51.6 Å². The average Bonchev–Trinajstić information content (AvgIpc) is 3.32. The second-order valence-corrected chi connectivity index (χ2v) is 6.30. The lowest BCUT2D eigenvalue weighted by atomic mass is 9.96. The summed E-state index contributed by atoms with van der Waals surface area (Å²) >= 11 is 0. The van der Waals surface area contributed by atoms with Crippen molar-refractivity contribution >= 4 is 5.91 Å². The van der Waals surface area contributed by atoms with Crippen molar-refractivity contribution in [3.63, 3.8) is 0 Å². The van der Waals surface area contributed by atoms with E-state index in [9.17, 15) is 4.79 Å². The molecule has 1 amide bonds. The normalized spacial score (nSPS) is 13.2. The van der Waals surface area contributed by atoms with E-state index in [1.54, 1.807) is 6.07 Å². The van der Waals surface area contributed by atoms with Gasteiger partial charge in [-0.15, -0.1) is 0 Å². The molecule has 1 aliphatic carbocycles. The number of nitrogens with zero attached hydrogens (tertiary/aromatic N) is 1. The molecule has 0 atom stereocenters. The Hall–Kier alpha value is -3.02. The van der Waals surface area contributed by atoms with Gasteiger partial charge in [0.2, 0.25) is 0 Å². The van der Waals surface area contributed by atoms with Gasteiger partial charge in [-0.3, -0.25) is 4.79 Å². The van der Waals surface area contributed by atoms with Gasteiger partial charge < -0.3 is 19.0 Å². The molecular weight excluding hydrogens is 332 g/mol. The Balaban J connectivity index is 1.38. The second kappa shape index (κ2) is 7.47. The minimum Gasteiger partial charge on any atom is -0.489 e. The Morgan fingerprint density at radius 2 is 2.00 bits per heavy atom. The molecule has 0 saturated carbocycles. The van der Waals surface area contributed by atoms with Crippen molar-refractivity contribution in [3.8, 4) is 5.75 Å². The third kappa shape index (κ3) is 3.49. The number of aromatic nitrogens is 1. The zero-order valence-corrected chi connectivity index (χ0v) is 14.4. The van der Waals surface area contributed by atoms with E-state index >= 15 is 0 Å². The lowest BCUT2D eigenvalue weighted by molar-refractivity contribution is 0.0918. The third-order valence-electron chi connectivity index (χ3n) is 4.54. The molecule has 1 aromatic carbocycles. The Kier molecular flexibility index (Phi) is 4.73. The first-order chi connectivity index (χ1) is 12.8. The summed E-state index contributed by atoms with van der Waals surface area (Å²) in [7, 11) is 0. The van der Waals surface area contributed by atoms with Crippen LogP contribution in [0.5, 0.6) is 5.75 Å². The van der Waals surface area contributed by atoms with Crippen LogP contribution in [0.2, 0.25) is 0 Å². The van der Waals surface area contributed by atoms with Crippen LogP contribution in [0.4, 0.5) is 0 Å². The topological polar surface area (TPSA) is 77.5 Å². The lowest BCUT2D eigenvalue weighted by Gasteiger charge is -2.10. The van der Waals surface area contributed by atoms with Gasteiger partial charge in [-0.2, -0.15) is 0 Å². The van der Waals surface area contributed by atoms with Crippen molar-refractivity contribution in [2.75, 3.05) is 0 Å². The average molecular weight is 352 g/mol. The van der Waals surface area contributed by atoms with E-state index in [4.69, 9.17) is 13.7 Å². The fraction of sp³-hybridized carbons (Fsp3) is 0.300. The minimum absolute atomic E-state index is 0.262. The number of fused-ring (bicyclic) bond motifs is 1. The number of ether oxygens (including phenoxy) is 1. The summed E-state index contributed by atoms with van der Waals surface area (Å²) in [6, 6.07) is 11.2. The molecule has 0 fully saturated rings. The van der Waals surface area contributed by atoms with Crippen LogP contribution in [-0.2, 0) is 26.0 Å². The number of hydrogen-bond donors (Lipinski definition) is 1. The highest BCUT2D eigenvalue weighted by Crippen LogP contribution is 2.24. The van der Waals surface area contributed by atoms with E-state index in [2.05, 4.69) is 10.5 Å². The van der Waals surface area contributed by atoms with Gasteiger partial charge in [0, 0.05) is 17.5 Å². The van der Waals surface area contributed by atoms with Crippen LogP contribution in [0.1, 0.15) is 46.0 Å². The van der Waals surface area contributed by atoms with Gasteiger partial charge in [0.05, 0.1) is 12.8 Å². The van der Waals surface area contributed by atoms with Crippen molar-refractivity contribution in [1.29, 1.82) is 0 Å². The summed E-state index contributed by atoms with van der Waals surface area (Å²) in [5, 5.41) is 6.97. The summed E-state index contributed by atoms with van der Waals surface area (Å²) in [6.07, 6.45) is 5.65. The summed E-state index contributed by atoms with van der Waals surface area (Å²) < 4.78 is 16.4. The van der Waals surface area contributed by atoms with E-state index in [0.29, 0.717) is 12.1 Å². The lowest BCUT2D eigenvalue weighted by Crippen LogP contribution is -2.24. The van der Waals surface area contributed by atoms with Crippen molar-refractivity contribution in [3.05, 3.63) is 71.0 Å². The highest BCUT2D eigenvalue weighted by atomic mass is 16.5. The number of furan rings is 1. The number of aryl methyl sites for hydroxylation is 1. The highest BCUT2D eigenvalue weighted by Gasteiger charge is 2.21. The van der Waals surface area contributed by atoms with Gasteiger partial charge in [0.15, 0.2) is 5.76 Å².